The number of hydrogen-bond donors (Lipinski definition) is 1. The predicted molar refractivity (Wildman–Crippen MR) is 62.3 cm³/mol. The number of rotatable bonds is 1. The first kappa shape index (κ1) is 8.50. The van der Waals surface area contributed by atoms with Crippen LogP contribution in [0.2, 0.25) is 0 Å². The van der Waals surface area contributed by atoms with Crippen molar-refractivity contribution in [3.63, 3.8) is 0 Å². The molecule has 74 valence electrons. The van der Waals surface area contributed by atoms with Crippen molar-refractivity contribution in [1.29, 1.82) is 0 Å². The van der Waals surface area contributed by atoms with Crippen molar-refractivity contribution in [3.8, 4) is 0 Å². The summed E-state index contributed by atoms with van der Waals surface area (Å²) in [6.45, 7) is 0.772. The van der Waals surface area contributed by atoms with E-state index in [0.29, 0.717) is 0 Å². The Labute approximate surface area is 87.9 Å². The van der Waals surface area contributed by atoms with Crippen molar-refractivity contribution in [3.05, 3.63) is 48.5 Å². The van der Waals surface area contributed by atoms with Gasteiger partial charge in [0.05, 0.1) is 11.0 Å². The zero-order chi connectivity index (χ0) is 10.3. The van der Waals surface area contributed by atoms with Gasteiger partial charge in [-0.2, -0.15) is 0 Å². The van der Waals surface area contributed by atoms with Crippen LogP contribution < -0.4 is 5.73 Å². The summed E-state index contributed by atoms with van der Waals surface area (Å²) in [4.78, 5) is 0. The maximum absolute atomic E-state index is 3.99. The van der Waals surface area contributed by atoms with Crippen LogP contribution >= 0.6 is 0 Å². The molecule has 0 aliphatic rings. The zero-order valence-electron chi connectivity index (χ0n) is 8.48. The van der Waals surface area contributed by atoms with Gasteiger partial charge in [-0.1, -0.05) is 36.4 Å². The van der Waals surface area contributed by atoms with Crippen molar-refractivity contribution >= 4 is 21.8 Å². The fraction of sp³-hybridized carbons (Fsp3) is 0.0769. The van der Waals surface area contributed by atoms with Gasteiger partial charge in [0.25, 0.3) is 0 Å². The van der Waals surface area contributed by atoms with Crippen molar-refractivity contribution in [2.45, 2.75) is 6.67 Å². The molecule has 0 aliphatic heterocycles. The van der Waals surface area contributed by atoms with Crippen LogP contribution in [0.4, 0.5) is 0 Å². The quantitative estimate of drug-likeness (QED) is 0.619. The Morgan fingerprint density at radius 3 is 1.73 bits per heavy atom. The van der Waals surface area contributed by atoms with Crippen molar-refractivity contribution in [2.24, 2.45) is 0 Å². The Bertz CT molecular complexity index is 569. The number of benzene rings is 2. The molecule has 0 spiro atoms. The third-order valence-electron chi connectivity index (χ3n) is 2.90. The predicted octanol–water partition coefficient (Wildman–Crippen LogP) is 1.99. The van der Waals surface area contributed by atoms with Crippen LogP contribution in [0.15, 0.2) is 48.5 Å². The average molecular weight is 197 g/mol. The number of quaternary nitrogens is 1. The molecule has 15 heavy (non-hydrogen) atoms. The minimum absolute atomic E-state index is 0.772. The molecule has 0 saturated carbocycles. The number of para-hydroxylation sites is 2. The normalized spacial score (nSPS) is 11.3. The lowest BCUT2D eigenvalue weighted by atomic mass is 10.2. The molecule has 0 aliphatic carbocycles. The average Bonchev–Trinajstić information content (AvgIpc) is 2.63. The highest BCUT2D eigenvalue weighted by molar-refractivity contribution is 6.07. The van der Waals surface area contributed by atoms with Crippen LogP contribution in [-0.4, -0.2) is 4.57 Å². The summed E-state index contributed by atoms with van der Waals surface area (Å²) < 4.78 is 2.25. The zero-order valence-corrected chi connectivity index (χ0v) is 8.48. The molecule has 1 heterocycles. The molecule has 0 atom stereocenters. The molecule has 2 aromatic carbocycles. The van der Waals surface area contributed by atoms with Crippen LogP contribution in [0.3, 0.4) is 0 Å². The second kappa shape index (κ2) is 3.11. The van der Waals surface area contributed by atoms with E-state index in [0.717, 1.165) is 6.67 Å². The summed E-state index contributed by atoms with van der Waals surface area (Å²) in [6.07, 6.45) is 0. The molecule has 0 radical (unpaired) electrons. The van der Waals surface area contributed by atoms with Crippen LogP contribution in [-0.2, 0) is 6.67 Å². The van der Waals surface area contributed by atoms with Gasteiger partial charge in [0, 0.05) is 10.8 Å². The maximum Gasteiger partial charge on any atom is 0.154 e. The number of nitrogens with zero attached hydrogens (tertiary/aromatic N) is 1. The monoisotopic (exact) mass is 197 g/mol. The SMILES string of the molecule is [NH3+]Cn1c2ccccc2c2ccccc21. The Hall–Kier alpha value is -1.80. The molecule has 3 aromatic rings. The van der Waals surface area contributed by atoms with Gasteiger partial charge < -0.3 is 5.73 Å². The summed E-state index contributed by atoms with van der Waals surface area (Å²) in [6, 6.07) is 17.0. The van der Waals surface area contributed by atoms with E-state index in [2.05, 4.69) is 58.8 Å². The third-order valence-corrected chi connectivity index (χ3v) is 2.90. The molecule has 3 N–H and O–H groups in total. The van der Waals surface area contributed by atoms with Crippen molar-refractivity contribution in [1.82, 2.24) is 4.57 Å². The summed E-state index contributed by atoms with van der Waals surface area (Å²) in [5.41, 5.74) is 6.54. The van der Waals surface area contributed by atoms with E-state index in [1.807, 2.05) is 0 Å². The standard InChI is InChI=1S/C13H12N2/c14-9-15-12-7-3-1-5-10(12)11-6-2-4-8-13(11)15/h1-8H,9,14H2/p+1. The van der Waals surface area contributed by atoms with Crippen LogP contribution in [0.1, 0.15) is 0 Å². The van der Waals surface area contributed by atoms with Gasteiger partial charge in [-0.25, -0.2) is 0 Å². The van der Waals surface area contributed by atoms with Crippen molar-refractivity contribution < 1.29 is 5.73 Å². The first-order chi connectivity index (χ1) is 7.42. The first-order valence-electron chi connectivity index (χ1n) is 5.17. The van der Waals surface area contributed by atoms with E-state index in [4.69, 9.17) is 0 Å². The summed E-state index contributed by atoms with van der Waals surface area (Å²) in [5.74, 6) is 0. The molecule has 0 bridgehead atoms. The molecule has 0 unspecified atom stereocenters. The van der Waals surface area contributed by atoms with Gasteiger partial charge in [-0.15, -0.1) is 0 Å². The smallest absolute Gasteiger partial charge is 0.154 e. The van der Waals surface area contributed by atoms with Crippen LogP contribution in [0.25, 0.3) is 21.8 Å². The summed E-state index contributed by atoms with van der Waals surface area (Å²) >= 11 is 0. The molecular formula is C13H13N2+. The van der Waals surface area contributed by atoms with E-state index >= 15 is 0 Å². The van der Waals surface area contributed by atoms with Gasteiger partial charge in [0.1, 0.15) is 0 Å². The second-order valence-corrected chi connectivity index (χ2v) is 3.69. The molecule has 2 nitrogen and oxygen atoms in total. The molecule has 0 fully saturated rings. The Kier molecular flexibility index (Phi) is 1.76. The van der Waals surface area contributed by atoms with Crippen LogP contribution in [0, 0.1) is 0 Å². The van der Waals surface area contributed by atoms with Crippen LogP contribution in [0.5, 0.6) is 0 Å². The fourth-order valence-electron chi connectivity index (χ4n) is 2.24. The molecule has 0 saturated heterocycles. The Balaban J connectivity index is 2.62. The summed E-state index contributed by atoms with van der Waals surface area (Å²) in [7, 11) is 0. The highest BCUT2D eigenvalue weighted by Gasteiger charge is 2.07. The molecule has 0 amide bonds. The molecule has 3 rings (SSSR count). The number of aromatic nitrogens is 1. The van der Waals surface area contributed by atoms with E-state index in [9.17, 15) is 0 Å². The lowest BCUT2D eigenvalue weighted by Gasteiger charge is -1.99. The topological polar surface area (TPSA) is 32.6 Å². The van der Waals surface area contributed by atoms with E-state index in [-0.39, 0.29) is 0 Å². The Morgan fingerprint density at radius 1 is 0.800 bits per heavy atom. The minimum Gasteiger partial charge on any atom is -0.340 e. The third kappa shape index (κ3) is 1.09. The van der Waals surface area contributed by atoms with Gasteiger partial charge >= 0.3 is 0 Å². The van der Waals surface area contributed by atoms with E-state index < -0.39 is 0 Å². The summed E-state index contributed by atoms with van der Waals surface area (Å²) in [5, 5.41) is 2.63. The highest BCUT2D eigenvalue weighted by Crippen LogP contribution is 2.27. The van der Waals surface area contributed by atoms with Gasteiger partial charge in [0.15, 0.2) is 6.67 Å². The van der Waals surface area contributed by atoms with E-state index in [1.165, 1.54) is 21.8 Å². The van der Waals surface area contributed by atoms with E-state index in [1.54, 1.807) is 0 Å². The van der Waals surface area contributed by atoms with Crippen molar-refractivity contribution in [2.75, 3.05) is 0 Å². The highest BCUT2D eigenvalue weighted by atomic mass is 15.0. The minimum atomic E-state index is 0.772. The second-order valence-electron chi connectivity index (χ2n) is 3.69. The molecule has 1 aromatic heterocycles. The largest absolute Gasteiger partial charge is 0.340 e. The maximum atomic E-state index is 3.99. The number of fused-ring (bicyclic) bond motifs is 3. The Morgan fingerprint density at radius 2 is 1.27 bits per heavy atom. The lowest BCUT2D eigenvalue weighted by molar-refractivity contribution is -0.406. The van der Waals surface area contributed by atoms with Gasteiger partial charge in [0.2, 0.25) is 0 Å². The van der Waals surface area contributed by atoms with Gasteiger partial charge in [-0.05, 0) is 12.1 Å². The number of hydrogen-bond acceptors (Lipinski definition) is 0. The molecular weight excluding hydrogens is 184 g/mol. The first-order valence-corrected chi connectivity index (χ1v) is 5.17. The van der Waals surface area contributed by atoms with Gasteiger partial charge in [-0.3, -0.25) is 4.57 Å². The fourth-order valence-corrected chi connectivity index (χ4v) is 2.24. The molecule has 2 heteroatoms. The lowest BCUT2D eigenvalue weighted by Crippen LogP contribution is -2.50.